The van der Waals surface area contributed by atoms with Gasteiger partial charge in [-0.1, -0.05) is 6.07 Å². The summed E-state index contributed by atoms with van der Waals surface area (Å²) in [6, 6.07) is 7.33. The van der Waals surface area contributed by atoms with Gasteiger partial charge in [-0.25, -0.2) is 14.4 Å². The molecule has 0 atom stereocenters. The summed E-state index contributed by atoms with van der Waals surface area (Å²) in [5, 5.41) is 3.41. The maximum absolute atomic E-state index is 13.9. The quantitative estimate of drug-likeness (QED) is 0.550. The number of benzene rings is 1. The van der Waals surface area contributed by atoms with E-state index < -0.39 is 0 Å². The van der Waals surface area contributed by atoms with Crippen LogP contribution in [-0.2, 0) is 25.8 Å². The molecule has 6 nitrogen and oxygen atoms in total. The molecule has 1 aliphatic carbocycles. The molecule has 30 heavy (non-hydrogen) atoms. The van der Waals surface area contributed by atoms with E-state index in [1.807, 2.05) is 6.07 Å². The Balaban J connectivity index is 1.34. The second kappa shape index (κ2) is 7.65. The van der Waals surface area contributed by atoms with Crippen LogP contribution in [0.5, 0.6) is 5.75 Å². The van der Waals surface area contributed by atoms with Crippen LogP contribution in [0.2, 0.25) is 0 Å². The molecule has 0 unspecified atom stereocenters. The third kappa shape index (κ3) is 3.39. The van der Waals surface area contributed by atoms with Crippen molar-refractivity contribution in [1.82, 2.24) is 19.9 Å². The van der Waals surface area contributed by atoms with Crippen LogP contribution >= 0.6 is 0 Å². The highest BCUT2D eigenvalue weighted by molar-refractivity contribution is 5.77. The Hall–Kier alpha value is -3.06. The minimum atomic E-state index is -0.339. The Bertz CT molecular complexity index is 1120. The van der Waals surface area contributed by atoms with Gasteiger partial charge in [-0.15, -0.1) is 0 Å². The van der Waals surface area contributed by atoms with Gasteiger partial charge in [0.05, 0.1) is 18.5 Å². The van der Waals surface area contributed by atoms with Crippen molar-refractivity contribution in [3.05, 3.63) is 64.5 Å². The zero-order chi connectivity index (χ0) is 20.7. The summed E-state index contributed by atoms with van der Waals surface area (Å²) in [5.74, 6) is 0.760. The predicted molar refractivity (Wildman–Crippen MR) is 113 cm³/mol. The van der Waals surface area contributed by atoms with Crippen LogP contribution in [-0.4, -0.2) is 47.1 Å². The van der Waals surface area contributed by atoms with Crippen LogP contribution in [0.3, 0.4) is 0 Å². The first kappa shape index (κ1) is 18.9. The molecule has 1 N–H and O–H groups in total. The van der Waals surface area contributed by atoms with E-state index in [0.717, 1.165) is 59.8 Å². The number of hydrogen-bond donors (Lipinski definition) is 1. The van der Waals surface area contributed by atoms with Crippen molar-refractivity contribution >= 4 is 5.82 Å². The fourth-order valence-corrected chi connectivity index (χ4v) is 4.32. The molecule has 2 aromatic heterocycles. The number of nitrogens with zero attached hydrogens (tertiary/aromatic N) is 4. The number of ether oxygens (including phenoxy) is 1. The number of methoxy groups -OCH3 is 1. The zero-order valence-electron chi connectivity index (χ0n) is 17.2. The Kier molecular flexibility index (Phi) is 4.83. The molecule has 0 bridgehead atoms. The van der Waals surface area contributed by atoms with Gasteiger partial charge in [-0.05, 0) is 42.8 Å². The molecule has 0 radical (unpaired) electrons. The van der Waals surface area contributed by atoms with E-state index in [0.29, 0.717) is 13.0 Å². The lowest BCUT2D eigenvalue weighted by Gasteiger charge is -2.24. The molecule has 5 rings (SSSR count). The molecule has 1 aliphatic heterocycles. The number of hydrogen-bond acceptors (Lipinski definition) is 6. The highest BCUT2D eigenvalue weighted by Gasteiger charge is 2.27. The van der Waals surface area contributed by atoms with Crippen LogP contribution < -0.4 is 10.1 Å². The first-order chi connectivity index (χ1) is 14.6. The lowest BCUT2D eigenvalue weighted by atomic mass is 10.0. The second-order valence-corrected chi connectivity index (χ2v) is 7.95. The maximum Gasteiger partial charge on any atom is 0.165 e. The van der Waals surface area contributed by atoms with Crippen molar-refractivity contribution in [1.29, 1.82) is 0 Å². The van der Waals surface area contributed by atoms with Crippen molar-refractivity contribution in [2.24, 2.45) is 0 Å². The molecule has 3 aromatic rings. The van der Waals surface area contributed by atoms with Gasteiger partial charge < -0.3 is 15.0 Å². The van der Waals surface area contributed by atoms with Crippen LogP contribution in [0.25, 0.3) is 11.3 Å². The molecule has 0 amide bonds. The number of nitrogens with one attached hydrogen (secondary N) is 1. The average Bonchev–Trinajstić information content (AvgIpc) is 3.10. The number of likely N-dealkylation sites (N-methyl/N-ethyl adjacent to an activating group) is 1. The normalized spacial score (nSPS) is 14.8. The van der Waals surface area contributed by atoms with Crippen LogP contribution in [0.15, 0.2) is 30.6 Å². The van der Waals surface area contributed by atoms with Crippen molar-refractivity contribution in [3.63, 3.8) is 0 Å². The Labute approximate surface area is 175 Å². The van der Waals surface area contributed by atoms with E-state index in [2.05, 4.69) is 33.3 Å². The van der Waals surface area contributed by atoms with E-state index in [1.165, 1.54) is 24.4 Å². The molecule has 0 saturated heterocycles. The molecular formula is C23H24FN5O. The summed E-state index contributed by atoms with van der Waals surface area (Å²) in [7, 11) is 3.61. The first-order valence-electron chi connectivity index (χ1n) is 10.2. The van der Waals surface area contributed by atoms with Crippen LogP contribution in [0, 0.1) is 5.82 Å². The van der Waals surface area contributed by atoms with Gasteiger partial charge in [0.1, 0.15) is 12.1 Å². The summed E-state index contributed by atoms with van der Waals surface area (Å²) >= 11 is 0. The SMILES string of the molecule is COc1ccc(CCNc2ncnc3c2Cc2nc4c(cc2-3)CN(C)CC4)cc1F. The molecule has 154 valence electrons. The van der Waals surface area contributed by atoms with E-state index in [4.69, 9.17) is 9.72 Å². The number of anilines is 1. The monoisotopic (exact) mass is 405 g/mol. The number of pyridine rings is 1. The van der Waals surface area contributed by atoms with Gasteiger partial charge in [-0.3, -0.25) is 4.98 Å². The molecule has 7 heteroatoms. The number of aromatic nitrogens is 3. The Morgan fingerprint density at radius 3 is 2.93 bits per heavy atom. The van der Waals surface area contributed by atoms with E-state index >= 15 is 0 Å². The molecule has 0 saturated carbocycles. The average molecular weight is 405 g/mol. The predicted octanol–water partition coefficient (Wildman–Crippen LogP) is 3.23. The second-order valence-electron chi connectivity index (χ2n) is 7.95. The third-order valence-corrected chi connectivity index (χ3v) is 5.91. The van der Waals surface area contributed by atoms with Crippen molar-refractivity contribution in [2.75, 3.05) is 32.6 Å². The smallest absolute Gasteiger partial charge is 0.165 e. The van der Waals surface area contributed by atoms with Gasteiger partial charge in [0.25, 0.3) is 0 Å². The van der Waals surface area contributed by atoms with Gasteiger partial charge in [0.15, 0.2) is 11.6 Å². The molecule has 1 aromatic carbocycles. The fraction of sp³-hybridized carbons (Fsp3) is 0.348. The highest BCUT2D eigenvalue weighted by atomic mass is 19.1. The highest BCUT2D eigenvalue weighted by Crippen LogP contribution is 2.38. The largest absolute Gasteiger partial charge is 0.494 e. The molecular weight excluding hydrogens is 381 g/mol. The zero-order valence-corrected chi connectivity index (χ0v) is 17.2. The van der Waals surface area contributed by atoms with Crippen molar-refractivity contribution in [3.8, 4) is 17.0 Å². The third-order valence-electron chi connectivity index (χ3n) is 5.91. The number of rotatable bonds is 5. The van der Waals surface area contributed by atoms with Crippen LogP contribution in [0.1, 0.15) is 28.1 Å². The minimum absolute atomic E-state index is 0.263. The van der Waals surface area contributed by atoms with Crippen LogP contribution in [0.4, 0.5) is 10.2 Å². The van der Waals surface area contributed by atoms with Gasteiger partial charge in [0.2, 0.25) is 0 Å². The van der Waals surface area contributed by atoms with E-state index in [9.17, 15) is 4.39 Å². The Morgan fingerprint density at radius 1 is 1.20 bits per heavy atom. The molecule has 3 heterocycles. The fourth-order valence-electron chi connectivity index (χ4n) is 4.32. The molecule has 0 spiro atoms. The van der Waals surface area contributed by atoms with E-state index in [-0.39, 0.29) is 11.6 Å². The Morgan fingerprint density at radius 2 is 2.10 bits per heavy atom. The summed E-state index contributed by atoms with van der Waals surface area (Å²) in [4.78, 5) is 16.3. The van der Waals surface area contributed by atoms with E-state index in [1.54, 1.807) is 12.4 Å². The lowest BCUT2D eigenvalue weighted by Crippen LogP contribution is -2.27. The standard InChI is InChI=1S/C23H24FN5O/c1-29-8-6-19-15(12-29)10-16-20(28-19)11-17-22(16)26-13-27-23(17)25-7-5-14-3-4-21(30-2)18(24)9-14/h3-4,9-10,13H,5-8,11-12H2,1-2H3,(H,25,26,27). The van der Waals surface area contributed by atoms with Gasteiger partial charge in [0, 0.05) is 49.3 Å². The van der Waals surface area contributed by atoms with Crippen molar-refractivity contribution in [2.45, 2.75) is 25.8 Å². The summed E-state index contributed by atoms with van der Waals surface area (Å²) in [5.41, 5.74) is 7.70. The summed E-state index contributed by atoms with van der Waals surface area (Å²) in [6.45, 7) is 2.63. The van der Waals surface area contributed by atoms with Gasteiger partial charge >= 0.3 is 0 Å². The maximum atomic E-state index is 13.9. The molecule has 2 aliphatic rings. The first-order valence-corrected chi connectivity index (χ1v) is 10.2. The topological polar surface area (TPSA) is 63.2 Å². The molecule has 0 fully saturated rings. The number of halogens is 1. The number of fused-ring (bicyclic) bond motifs is 4. The minimum Gasteiger partial charge on any atom is -0.494 e. The lowest BCUT2D eigenvalue weighted by molar-refractivity contribution is 0.310. The summed E-state index contributed by atoms with van der Waals surface area (Å²) in [6.07, 6.45) is 4.03. The summed E-state index contributed by atoms with van der Waals surface area (Å²) < 4.78 is 18.9. The van der Waals surface area contributed by atoms with Crippen molar-refractivity contribution < 1.29 is 9.13 Å². The van der Waals surface area contributed by atoms with Gasteiger partial charge in [-0.2, -0.15) is 0 Å².